The predicted molar refractivity (Wildman–Crippen MR) is 55.8 cm³/mol. The highest BCUT2D eigenvalue weighted by Crippen LogP contribution is 2.35. The van der Waals surface area contributed by atoms with Crippen molar-refractivity contribution in [2.75, 3.05) is 26.7 Å². The van der Waals surface area contributed by atoms with Gasteiger partial charge in [0.1, 0.15) is 0 Å². The van der Waals surface area contributed by atoms with Crippen LogP contribution < -0.4 is 0 Å². The van der Waals surface area contributed by atoms with Crippen LogP contribution in [0.1, 0.15) is 39.0 Å². The number of rotatable bonds is 4. The van der Waals surface area contributed by atoms with Gasteiger partial charge < -0.3 is 10.0 Å². The van der Waals surface area contributed by atoms with Gasteiger partial charge in [-0.25, -0.2) is 0 Å². The lowest BCUT2D eigenvalue weighted by atomic mass is 9.75. The summed E-state index contributed by atoms with van der Waals surface area (Å²) in [6, 6.07) is 0. The highest BCUT2D eigenvalue weighted by Gasteiger charge is 2.27. The summed E-state index contributed by atoms with van der Waals surface area (Å²) < 4.78 is 0. The Bertz CT molecular complexity index is 141. The number of nitrogens with zero attached hydrogens (tertiary/aromatic N) is 1. The van der Waals surface area contributed by atoms with Crippen molar-refractivity contribution in [1.82, 2.24) is 4.90 Å². The zero-order valence-electron chi connectivity index (χ0n) is 9.05. The Labute approximate surface area is 81.9 Å². The predicted octanol–water partition coefficient (Wildman–Crippen LogP) is 1.88. The number of hydrogen-bond acceptors (Lipinski definition) is 2. The molecule has 2 nitrogen and oxygen atoms in total. The number of hydrogen-bond donors (Lipinski definition) is 1. The lowest BCUT2D eigenvalue weighted by Gasteiger charge is -2.36. The third kappa shape index (κ3) is 3.65. The number of aliphatic hydroxyl groups is 1. The summed E-state index contributed by atoms with van der Waals surface area (Å²) in [7, 11) is 2.11. The summed E-state index contributed by atoms with van der Waals surface area (Å²) in [5, 5.41) is 8.81. The molecule has 0 aromatic rings. The molecule has 1 aliphatic carbocycles. The Balaban J connectivity index is 2.31. The van der Waals surface area contributed by atoms with Gasteiger partial charge in [-0.3, -0.25) is 0 Å². The van der Waals surface area contributed by atoms with E-state index < -0.39 is 0 Å². The second kappa shape index (κ2) is 4.97. The zero-order chi connectivity index (χ0) is 9.73. The number of aliphatic hydroxyl groups excluding tert-OH is 1. The van der Waals surface area contributed by atoms with Gasteiger partial charge in [0.05, 0.1) is 6.61 Å². The Morgan fingerprint density at radius 2 is 1.85 bits per heavy atom. The van der Waals surface area contributed by atoms with Crippen LogP contribution in [0.3, 0.4) is 0 Å². The van der Waals surface area contributed by atoms with Crippen molar-refractivity contribution in [2.45, 2.75) is 39.0 Å². The van der Waals surface area contributed by atoms with E-state index in [-0.39, 0.29) is 6.61 Å². The first-order valence-corrected chi connectivity index (χ1v) is 5.46. The van der Waals surface area contributed by atoms with Crippen molar-refractivity contribution in [2.24, 2.45) is 5.41 Å². The quantitative estimate of drug-likeness (QED) is 0.723. The van der Waals surface area contributed by atoms with Crippen LogP contribution in [0.2, 0.25) is 0 Å². The van der Waals surface area contributed by atoms with Gasteiger partial charge in [0.2, 0.25) is 0 Å². The lowest BCUT2D eigenvalue weighted by Crippen LogP contribution is -2.36. The van der Waals surface area contributed by atoms with Gasteiger partial charge in [-0.05, 0) is 25.3 Å². The second-order valence-corrected chi connectivity index (χ2v) is 4.83. The summed E-state index contributed by atoms with van der Waals surface area (Å²) in [5.41, 5.74) is 0.516. The molecule has 1 N–H and O–H groups in total. The molecule has 0 amide bonds. The third-order valence-electron chi connectivity index (χ3n) is 3.19. The normalized spacial score (nSPS) is 22.2. The molecule has 1 aliphatic rings. The monoisotopic (exact) mass is 185 g/mol. The lowest BCUT2D eigenvalue weighted by molar-refractivity contribution is 0.123. The van der Waals surface area contributed by atoms with Gasteiger partial charge in [-0.2, -0.15) is 0 Å². The van der Waals surface area contributed by atoms with E-state index in [0.717, 1.165) is 13.1 Å². The van der Waals surface area contributed by atoms with Crippen LogP contribution in [0.25, 0.3) is 0 Å². The van der Waals surface area contributed by atoms with Gasteiger partial charge in [0.25, 0.3) is 0 Å². The highest BCUT2D eigenvalue weighted by molar-refractivity contribution is 4.80. The first-order chi connectivity index (χ1) is 6.16. The first-order valence-electron chi connectivity index (χ1n) is 5.46. The molecule has 0 aromatic carbocycles. The summed E-state index contributed by atoms with van der Waals surface area (Å²) >= 11 is 0. The summed E-state index contributed by atoms with van der Waals surface area (Å²) in [6.07, 6.45) is 6.93. The van der Waals surface area contributed by atoms with Crippen molar-refractivity contribution in [3.63, 3.8) is 0 Å². The molecule has 1 rings (SSSR count). The fourth-order valence-electron chi connectivity index (χ4n) is 2.46. The molecule has 0 heterocycles. The van der Waals surface area contributed by atoms with Crippen molar-refractivity contribution < 1.29 is 5.11 Å². The smallest absolute Gasteiger partial charge is 0.0558 e. The first kappa shape index (κ1) is 11.0. The van der Waals surface area contributed by atoms with E-state index in [9.17, 15) is 0 Å². The molecule has 1 saturated carbocycles. The molecule has 2 heteroatoms. The summed E-state index contributed by atoms with van der Waals surface area (Å²) in [6.45, 7) is 4.63. The average Bonchev–Trinajstić information content (AvgIpc) is 2.04. The molecule has 78 valence electrons. The van der Waals surface area contributed by atoms with Gasteiger partial charge in [0, 0.05) is 13.1 Å². The SMILES string of the molecule is CN(CCO)CC1(C)CCCCC1. The van der Waals surface area contributed by atoms with Gasteiger partial charge >= 0.3 is 0 Å². The zero-order valence-corrected chi connectivity index (χ0v) is 9.05. The fourth-order valence-corrected chi connectivity index (χ4v) is 2.46. The van der Waals surface area contributed by atoms with Crippen LogP contribution in [0.4, 0.5) is 0 Å². The molecule has 0 aromatic heterocycles. The van der Waals surface area contributed by atoms with E-state index in [4.69, 9.17) is 5.11 Å². The minimum Gasteiger partial charge on any atom is -0.395 e. The Morgan fingerprint density at radius 1 is 1.23 bits per heavy atom. The minimum absolute atomic E-state index is 0.284. The summed E-state index contributed by atoms with van der Waals surface area (Å²) in [4.78, 5) is 2.26. The van der Waals surface area contributed by atoms with Gasteiger partial charge in [-0.1, -0.05) is 26.2 Å². The maximum atomic E-state index is 8.81. The molecule has 0 saturated heterocycles. The molecular formula is C11H23NO. The van der Waals surface area contributed by atoms with E-state index in [1.165, 1.54) is 32.1 Å². The van der Waals surface area contributed by atoms with E-state index in [2.05, 4.69) is 18.9 Å². The highest BCUT2D eigenvalue weighted by atomic mass is 16.3. The second-order valence-electron chi connectivity index (χ2n) is 4.83. The standard InChI is InChI=1S/C11H23NO/c1-11(6-4-3-5-7-11)10-12(2)8-9-13/h13H,3-10H2,1-2H3. The maximum Gasteiger partial charge on any atom is 0.0558 e. The van der Waals surface area contributed by atoms with E-state index in [1.807, 2.05) is 0 Å². The topological polar surface area (TPSA) is 23.5 Å². The van der Waals surface area contributed by atoms with Crippen molar-refractivity contribution in [3.05, 3.63) is 0 Å². The van der Waals surface area contributed by atoms with Crippen LogP contribution in [0, 0.1) is 5.41 Å². The van der Waals surface area contributed by atoms with Crippen molar-refractivity contribution in [3.8, 4) is 0 Å². The molecule has 0 radical (unpaired) electrons. The van der Waals surface area contributed by atoms with Crippen LogP contribution in [-0.4, -0.2) is 36.8 Å². The molecular weight excluding hydrogens is 162 g/mol. The molecule has 0 unspecified atom stereocenters. The van der Waals surface area contributed by atoms with Crippen molar-refractivity contribution in [1.29, 1.82) is 0 Å². The van der Waals surface area contributed by atoms with Crippen molar-refractivity contribution >= 4 is 0 Å². The number of likely N-dealkylation sites (N-methyl/N-ethyl adjacent to an activating group) is 1. The molecule has 0 spiro atoms. The van der Waals surface area contributed by atoms with Crippen LogP contribution in [0.15, 0.2) is 0 Å². The van der Waals surface area contributed by atoms with Crippen LogP contribution in [-0.2, 0) is 0 Å². The largest absolute Gasteiger partial charge is 0.395 e. The molecule has 13 heavy (non-hydrogen) atoms. The summed E-state index contributed by atoms with van der Waals surface area (Å²) in [5.74, 6) is 0. The van der Waals surface area contributed by atoms with Crippen LogP contribution in [0.5, 0.6) is 0 Å². The van der Waals surface area contributed by atoms with E-state index in [1.54, 1.807) is 0 Å². The van der Waals surface area contributed by atoms with Crippen LogP contribution >= 0.6 is 0 Å². The minimum atomic E-state index is 0.284. The fraction of sp³-hybridized carbons (Fsp3) is 1.00. The molecule has 1 fully saturated rings. The van der Waals surface area contributed by atoms with E-state index in [0.29, 0.717) is 5.41 Å². The molecule has 0 bridgehead atoms. The molecule has 0 aliphatic heterocycles. The Morgan fingerprint density at radius 3 is 2.38 bits per heavy atom. The maximum absolute atomic E-state index is 8.81. The van der Waals surface area contributed by atoms with Gasteiger partial charge in [-0.15, -0.1) is 0 Å². The van der Waals surface area contributed by atoms with Gasteiger partial charge in [0.15, 0.2) is 0 Å². The Hall–Kier alpha value is -0.0800. The third-order valence-corrected chi connectivity index (χ3v) is 3.19. The molecule has 0 atom stereocenters. The average molecular weight is 185 g/mol. The Kier molecular flexibility index (Phi) is 4.20. The van der Waals surface area contributed by atoms with E-state index >= 15 is 0 Å².